The first-order valence-corrected chi connectivity index (χ1v) is 7.23. The van der Waals surface area contributed by atoms with Crippen molar-refractivity contribution < 1.29 is 4.79 Å². The quantitative estimate of drug-likeness (QED) is 0.796. The molecule has 2 fully saturated rings. The first-order valence-electron chi connectivity index (χ1n) is 7.23. The molecule has 0 bridgehead atoms. The molecule has 1 heterocycles. The van der Waals surface area contributed by atoms with E-state index < -0.39 is 0 Å². The SMILES string of the molecule is CN(CC1CCC1)C(=O)CCC1CCCCN1. The highest BCUT2D eigenvalue weighted by atomic mass is 16.2. The number of carbonyl (C=O) groups excluding carboxylic acids is 1. The largest absolute Gasteiger partial charge is 0.345 e. The van der Waals surface area contributed by atoms with Gasteiger partial charge in [0.05, 0.1) is 0 Å². The summed E-state index contributed by atoms with van der Waals surface area (Å²) < 4.78 is 0. The van der Waals surface area contributed by atoms with E-state index in [1.807, 2.05) is 11.9 Å². The van der Waals surface area contributed by atoms with Crippen molar-refractivity contribution in [3.8, 4) is 0 Å². The van der Waals surface area contributed by atoms with Gasteiger partial charge < -0.3 is 10.2 Å². The molecule has 1 unspecified atom stereocenters. The van der Waals surface area contributed by atoms with Crippen molar-refractivity contribution in [3.05, 3.63) is 0 Å². The van der Waals surface area contributed by atoms with Crippen molar-refractivity contribution in [1.29, 1.82) is 0 Å². The van der Waals surface area contributed by atoms with E-state index in [1.165, 1.54) is 38.5 Å². The molecular formula is C14H26N2O. The van der Waals surface area contributed by atoms with Crippen molar-refractivity contribution in [2.75, 3.05) is 20.1 Å². The second-order valence-electron chi connectivity index (χ2n) is 5.76. The molecule has 3 nitrogen and oxygen atoms in total. The van der Waals surface area contributed by atoms with Crippen molar-refractivity contribution in [3.63, 3.8) is 0 Å². The van der Waals surface area contributed by atoms with Crippen molar-refractivity contribution >= 4 is 5.91 Å². The highest BCUT2D eigenvalue weighted by molar-refractivity contribution is 5.75. The summed E-state index contributed by atoms with van der Waals surface area (Å²) in [6, 6.07) is 0.588. The van der Waals surface area contributed by atoms with Gasteiger partial charge in [-0.3, -0.25) is 4.79 Å². The lowest BCUT2D eigenvalue weighted by Gasteiger charge is -2.30. The Balaban J connectivity index is 1.61. The Bertz CT molecular complexity index is 245. The third-order valence-electron chi connectivity index (χ3n) is 4.30. The number of hydrogen-bond acceptors (Lipinski definition) is 2. The van der Waals surface area contributed by atoms with Gasteiger partial charge in [-0.2, -0.15) is 0 Å². The lowest BCUT2D eigenvalue weighted by Crippen LogP contribution is -2.37. The molecule has 17 heavy (non-hydrogen) atoms. The monoisotopic (exact) mass is 238 g/mol. The zero-order valence-corrected chi connectivity index (χ0v) is 11.1. The minimum atomic E-state index is 0.337. The van der Waals surface area contributed by atoms with E-state index in [4.69, 9.17) is 0 Å². The van der Waals surface area contributed by atoms with Gasteiger partial charge in [-0.15, -0.1) is 0 Å². The van der Waals surface area contributed by atoms with Crippen molar-refractivity contribution in [2.24, 2.45) is 5.92 Å². The lowest BCUT2D eigenvalue weighted by atomic mass is 9.85. The van der Waals surface area contributed by atoms with Crippen molar-refractivity contribution in [1.82, 2.24) is 10.2 Å². The molecule has 3 heteroatoms. The molecule has 1 saturated carbocycles. The van der Waals surface area contributed by atoms with Crippen LogP contribution in [-0.2, 0) is 4.79 Å². The molecule has 1 amide bonds. The topological polar surface area (TPSA) is 32.3 Å². The molecule has 1 N–H and O–H groups in total. The average molecular weight is 238 g/mol. The number of hydrogen-bond donors (Lipinski definition) is 1. The molecule has 1 aliphatic carbocycles. The fraction of sp³-hybridized carbons (Fsp3) is 0.929. The lowest BCUT2D eigenvalue weighted by molar-refractivity contribution is -0.131. The van der Waals surface area contributed by atoms with Gasteiger partial charge in [0.2, 0.25) is 5.91 Å². The number of carbonyl (C=O) groups is 1. The molecule has 0 spiro atoms. The van der Waals surface area contributed by atoms with Crippen LogP contribution >= 0.6 is 0 Å². The predicted octanol–water partition coefficient (Wildman–Crippen LogP) is 2.17. The Morgan fingerprint density at radius 1 is 1.24 bits per heavy atom. The smallest absolute Gasteiger partial charge is 0.222 e. The minimum absolute atomic E-state index is 0.337. The summed E-state index contributed by atoms with van der Waals surface area (Å²) >= 11 is 0. The number of amides is 1. The highest BCUT2D eigenvalue weighted by Gasteiger charge is 2.22. The summed E-state index contributed by atoms with van der Waals surface area (Å²) in [4.78, 5) is 13.9. The summed E-state index contributed by atoms with van der Waals surface area (Å²) in [7, 11) is 1.97. The molecule has 0 aromatic rings. The van der Waals surface area contributed by atoms with E-state index in [1.54, 1.807) is 0 Å². The molecule has 1 saturated heterocycles. The molecule has 1 aliphatic heterocycles. The maximum Gasteiger partial charge on any atom is 0.222 e. The zero-order valence-electron chi connectivity index (χ0n) is 11.1. The number of piperidine rings is 1. The van der Waals surface area contributed by atoms with Crippen LogP contribution in [0.1, 0.15) is 51.4 Å². The standard InChI is InChI=1S/C14H26N2O/c1-16(11-12-5-4-6-12)14(17)9-8-13-7-2-3-10-15-13/h12-13,15H,2-11H2,1H3. The van der Waals surface area contributed by atoms with Crippen LogP contribution < -0.4 is 5.32 Å². The highest BCUT2D eigenvalue weighted by Crippen LogP contribution is 2.26. The van der Waals surface area contributed by atoms with Gasteiger partial charge in [0, 0.05) is 26.1 Å². The minimum Gasteiger partial charge on any atom is -0.345 e. The van der Waals surface area contributed by atoms with Crippen LogP contribution in [0.5, 0.6) is 0 Å². The zero-order chi connectivity index (χ0) is 12.1. The van der Waals surface area contributed by atoms with Crippen LogP contribution in [0.4, 0.5) is 0 Å². The molecule has 2 rings (SSSR count). The van der Waals surface area contributed by atoms with Gasteiger partial charge in [0.15, 0.2) is 0 Å². The Morgan fingerprint density at radius 2 is 2.06 bits per heavy atom. The van der Waals surface area contributed by atoms with Crippen LogP contribution in [0.2, 0.25) is 0 Å². The van der Waals surface area contributed by atoms with Gasteiger partial charge in [0.1, 0.15) is 0 Å². The molecule has 0 aromatic heterocycles. The van der Waals surface area contributed by atoms with Crippen LogP contribution in [0.3, 0.4) is 0 Å². The van der Waals surface area contributed by atoms with Crippen LogP contribution in [0.25, 0.3) is 0 Å². The summed E-state index contributed by atoms with van der Waals surface area (Å²) in [5.74, 6) is 1.13. The van der Waals surface area contributed by atoms with Gasteiger partial charge in [-0.1, -0.05) is 12.8 Å². The first kappa shape index (κ1) is 12.9. The second kappa shape index (κ2) is 6.39. The normalized spacial score (nSPS) is 25.4. The summed E-state index contributed by atoms with van der Waals surface area (Å²) in [5.41, 5.74) is 0. The number of nitrogens with zero attached hydrogens (tertiary/aromatic N) is 1. The van der Waals surface area contributed by atoms with Gasteiger partial charge >= 0.3 is 0 Å². The van der Waals surface area contributed by atoms with E-state index in [2.05, 4.69) is 5.32 Å². The van der Waals surface area contributed by atoms with Gasteiger partial charge in [-0.25, -0.2) is 0 Å². The summed E-state index contributed by atoms with van der Waals surface area (Å²) in [6.07, 6.45) is 9.62. The molecule has 0 radical (unpaired) electrons. The van der Waals surface area contributed by atoms with E-state index in [-0.39, 0.29) is 0 Å². The maximum atomic E-state index is 12.0. The molecule has 0 aromatic carbocycles. The van der Waals surface area contributed by atoms with Crippen LogP contribution in [0.15, 0.2) is 0 Å². The second-order valence-corrected chi connectivity index (χ2v) is 5.76. The van der Waals surface area contributed by atoms with E-state index in [9.17, 15) is 4.79 Å². The maximum absolute atomic E-state index is 12.0. The average Bonchev–Trinajstić information content (AvgIpc) is 2.32. The molecule has 1 atom stereocenters. The van der Waals surface area contributed by atoms with Gasteiger partial charge in [-0.05, 0) is 44.6 Å². The van der Waals surface area contributed by atoms with Crippen molar-refractivity contribution in [2.45, 2.75) is 57.4 Å². The van der Waals surface area contributed by atoms with Crippen LogP contribution in [-0.4, -0.2) is 37.0 Å². The Hall–Kier alpha value is -0.570. The fourth-order valence-corrected chi connectivity index (χ4v) is 2.82. The Morgan fingerprint density at radius 3 is 2.65 bits per heavy atom. The first-order chi connectivity index (χ1) is 8.25. The number of rotatable bonds is 5. The third-order valence-corrected chi connectivity index (χ3v) is 4.30. The Kier molecular flexibility index (Phi) is 4.84. The van der Waals surface area contributed by atoms with E-state index >= 15 is 0 Å². The Labute approximate surface area is 105 Å². The third kappa shape index (κ3) is 3.98. The van der Waals surface area contributed by atoms with Gasteiger partial charge in [0.25, 0.3) is 0 Å². The predicted molar refractivity (Wildman–Crippen MR) is 69.9 cm³/mol. The molecule has 98 valence electrons. The summed E-state index contributed by atoms with van der Waals surface area (Å²) in [6.45, 7) is 2.12. The molecular weight excluding hydrogens is 212 g/mol. The summed E-state index contributed by atoms with van der Waals surface area (Å²) in [5, 5.41) is 3.51. The van der Waals surface area contributed by atoms with E-state index in [0.717, 1.165) is 31.8 Å². The van der Waals surface area contributed by atoms with E-state index in [0.29, 0.717) is 11.9 Å². The molecule has 2 aliphatic rings. The fourth-order valence-electron chi connectivity index (χ4n) is 2.82. The number of nitrogens with one attached hydrogen (secondary N) is 1. The van der Waals surface area contributed by atoms with Crippen LogP contribution in [0, 0.1) is 5.92 Å².